The first-order valence-electron chi connectivity index (χ1n) is 10.8. The largest absolute Gasteiger partial charge is 0.387 e. The minimum atomic E-state index is -0.888. The van der Waals surface area contributed by atoms with E-state index in [2.05, 4.69) is 25.4 Å². The molecule has 0 saturated carbocycles. The maximum Gasteiger partial charge on any atom is 0.255 e. The Balaban J connectivity index is 1.17. The van der Waals surface area contributed by atoms with E-state index >= 15 is 0 Å². The fourth-order valence-electron chi connectivity index (χ4n) is 4.41. The smallest absolute Gasteiger partial charge is 0.255 e. The summed E-state index contributed by atoms with van der Waals surface area (Å²) in [6.45, 7) is 5.28. The molecule has 3 aromatic rings. The van der Waals surface area contributed by atoms with Gasteiger partial charge in [0, 0.05) is 44.5 Å². The van der Waals surface area contributed by atoms with Crippen LogP contribution < -0.4 is 0 Å². The molecule has 0 bridgehead atoms. The molecular formula is C22H25N7O4. The molecule has 0 spiro atoms. The van der Waals surface area contributed by atoms with Crippen molar-refractivity contribution in [3.63, 3.8) is 0 Å². The van der Waals surface area contributed by atoms with Gasteiger partial charge in [-0.25, -0.2) is 4.98 Å². The number of amides is 1. The van der Waals surface area contributed by atoms with Crippen LogP contribution in [0.1, 0.15) is 45.0 Å². The number of aromatic nitrogens is 5. The molecule has 2 N–H and O–H groups in total. The Morgan fingerprint density at radius 2 is 2.03 bits per heavy atom. The van der Waals surface area contributed by atoms with E-state index in [1.165, 1.54) is 17.2 Å². The lowest BCUT2D eigenvalue weighted by Crippen LogP contribution is -2.49. The van der Waals surface area contributed by atoms with Crippen molar-refractivity contribution in [2.45, 2.75) is 25.9 Å². The molecule has 0 radical (unpaired) electrons. The fraction of sp³-hybridized carbons (Fsp3) is 0.409. The fourth-order valence-corrected chi connectivity index (χ4v) is 4.41. The summed E-state index contributed by atoms with van der Waals surface area (Å²) in [4.78, 5) is 21.1. The van der Waals surface area contributed by atoms with Gasteiger partial charge in [0.25, 0.3) is 5.91 Å². The van der Waals surface area contributed by atoms with Crippen LogP contribution in [0.4, 0.5) is 0 Å². The lowest BCUT2D eigenvalue weighted by atomic mass is 9.95. The first-order valence-corrected chi connectivity index (χ1v) is 10.8. The molecule has 1 amide bonds. The maximum atomic E-state index is 12.9. The Morgan fingerprint density at radius 3 is 2.73 bits per heavy atom. The van der Waals surface area contributed by atoms with Crippen molar-refractivity contribution in [2.24, 2.45) is 0 Å². The van der Waals surface area contributed by atoms with Crippen LogP contribution in [0, 0.1) is 6.92 Å². The lowest BCUT2D eigenvalue weighted by molar-refractivity contribution is -0.0918. The van der Waals surface area contributed by atoms with Crippen molar-refractivity contribution in [1.82, 2.24) is 35.0 Å². The summed E-state index contributed by atoms with van der Waals surface area (Å²) in [5.74, 6) is 0.470. The number of piperazine rings is 1. The van der Waals surface area contributed by atoms with Crippen molar-refractivity contribution in [1.29, 1.82) is 0 Å². The molecule has 11 nitrogen and oxygen atoms in total. The van der Waals surface area contributed by atoms with Crippen LogP contribution in [0.5, 0.6) is 0 Å². The molecule has 2 atom stereocenters. The number of hydrogen-bond acceptors (Lipinski definition) is 9. The SMILES string of the molecule is Cc1c(C(O)CN2CCN(C(=O)c3ccc(-n4cnnn4)nc3)CC2)ccc2c1COC2O. The third-order valence-electron chi connectivity index (χ3n) is 6.36. The zero-order valence-corrected chi connectivity index (χ0v) is 18.2. The summed E-state index contributed by atoms with van der Waals surface area (Å²) in [6, 6.07) is 7.12. The van der Waals surface area contributed by atoms with Crippen LogP contribution in [0.15, 0.2) is 36.8 Å². The van der Waals surface area contributed by atoms with E-state index in [9.17, 15) is 15.0 Å². The number of benzene rings is 1. The van der Waals surface area contributed by atoms with E-state index in [-0.39, 0.29) is 5.91 Å². The molecular weight excluding hydrogens is 426 g/mol. The van der Waals surface area contributed by atoms with E-state index in [1.807, 2.05) is 19.1 Å². The molecule has 33 heavy (non-hydrogen) atoms. The van der Waals surface area contributed by atoms with Crippen molar-refractivity contribution in [2.75, 3.05) is 32.7 Å². The van der Waals surface area contributed by atoms with E-state index in [1.54, 1.807) is 17.0 Å². The standard InChI is InChI=1S/C22H25N7O4/c1-14-16(3-4-17-18(14)12-33-22(17)32)19(30)11-27-6-8-28(9-7-27)21(31)15-2-5-20(23-10-15)29-13-24-25-26-29/h2-5,10,13,19,22,30,32H,6-9,11-12H2,1H3. The number of tetrazole rings is 1. The van der Waals surface area contributed by atoms with Crippen LogP contribution in [-0.2, 0) is 11.3 Å². The van der Waals surface area contributed by atoms with Gasteiger partial charge in [-0.15, -0.1) is 5.10 Å². The number of carbonyl (C=O) groups is 1. The van der Waals surface area contributed by atoms with Gasteiger partial charge < -0.3 is 19.8 Å². The summed E-state index contributed by atoms with van der Waals surface area (Å²) >= 11 is 0. The van der Waals surface area contributed by atoms with Gasteiger partial charge in [-0.3, -0.25) is 9.69 Å². The van der Waals surface area contributed by atoms with Gasteiger partial charge in [-0.1, -0.05) is 12.1 Å². The van der Waals surface area contributed by atoms with Crippen LogP contribution in [0.3, 0.4) is 0 Å². The number of aliphatic hydroxyl groups excluding tert-OH is 2. The second kappa shape index (κ2) is 8.94. The summed E-state index contributed by atoms with van der Waals surface area (Å²) in [5, 5.41) is 31.7. The normalized spacial score (nSPS) is 19.5. The number of rotatable bonds is 5. The molecule has 2 aliphatic rings. The first kappa shape index (κ1) is 21.6. The summed E-state index contributed by atoms with van der Waals surface area (Å²) < 4.78 is 6.72. The molecule has 2 aliphatic heterocycles. The molecule has 5 rings (SSSR count). The van der Waals surface area contributed by atoms with Gasteiger partial charge in [-0.05, 0) is 46.2 Å². The highest BCUT2D eigenvalue weighted by molar-refractivity contribution is 5.94. The Bertz CT molecular complexity index is 1130. The quantitative estimate of drug-likeness (QED) is 0.565. The predicted octanol–water partition coefficient (Wildman–Crippen LogP) is 0.378. The number of pyridine rings is 1. The van der Waals surface area contributed by atoms with E-state index in [4.69, 9.17) is 4.74 Å². The summed E-state index contributed by atoms with van der Waals surface area (Å²) in [7, 11) is 0. The Labute approximate surface area is 190 Å². The molecule has 2 unspecified atom stereocenters. The third-order valence-corrected chi connectivity index (χ3v) is 6.36. The van der Waals surface area contributed by atoms with Crippen LogP contribution in [-0.4, -0.2) is 83.8 Å². The molecule has 172 valence electrons. The van der Waals surface area contributed by atoms with Crippen molar-refractivity contribution >= 4 is 5.91 Å². The molecule has 2 aromatic heterocycles. The highest BCUT2D eigenvalue weighted by Gasteiger charge is 2.27. The Hall–Kier alpha value is -3.25. The zero-order valence-electron chi connectivity index (χ0n) is 18.2. The monoisotopic (exact) mass is 451 g/mol. The van der Waals surface area contributed by atoms with Crippen LogP contribution >= 0.6 is 0 Å². The average molecular weight is 451 g/mol. The van der Waals surface area contributed by atoms with Crippen molar-refractivity contribution < 1.29 is 19.7 Å². The van der Waals surface area contributed by atoms with Gasteiger partial charge in [0.05, 0.1) is 18.3 Å². The second-order valence-corrected chi connectivity index (χ2v) is 8.28. The number of fused-ring (bicyclic) bond motifs is 1. The average Bonchev–Trinajstić information content (AvgIpc) is 3.50. The van der Waals surface area contributed by atoms with E-state index in [0.717, 1.165) is 22.3 Å². The minimum Gasteiger partial charge on any atom is -0.387 e. The number of hydrogen-bond donors (Lipinski definition) is 2. The Kier molecular flexibility index (Phi) is 5.85. The molecule has 0 aliphatic carbocycles. The predicted molar refractivity (Wildman–Crippen MR) is 115 cm³/mol. The number of carbonyl (C=O) groups excluding carboxylic acids is 1. The van der Waals surface area contributed by atoms with Gasteiger partial charge in [0.15, 0.2) is 12.1 Å². The van der Waals surface area contributed by atoms with Crippen molar-refractivity contribution in [3.8, 4) is 5.82 Å². The number of aliphatic hydroxyl groups is 2. The van der Waals surface area contributed by atoms with Crippen LogP contribution in [0.25, 0.3) is 5.82 Å². The number of β-amino-alcohol motifs (C(OH)–C–C–N with tert-alkyl or cyclic N) is 1. The number of nitrogens with zero attached hydrogens (tertiary/aromatic N) is 7. The lowest BCUT2D eigenvalue weighted by Gasteiger charge is -2.36. The first-order chi connectivity index (χ1) is 16.0. The van der Waals surface area contributed by atoms with Crippen LogP contribution in [0.2, 0.25) is 0 Å². The van der Waals surface area contributed by atoms with Crippen molar-refractivity contribution in [3.05, 3.63) is 64.6 Å². The highest BCUT2D eigenvalue weighted by atomic mass is 16.6. The van der Waals surface area contributed by atoms with Gasteiger partial charge in [0.1, 0.15) is 6.33 Å². The van der Waals surface area contributed by atoms with E-state index < -0.39 is 12.4 Å². The number of ether oxygens (including phenoxy) is 1. The molecule has 1 fully saturated rings. The summed E-state index contributed by atoms with van der Waals surface area (Å²) in [6.07, 6.45) is 1.44. The van der Waals surface area contributed by atoms with Gasteiger partial charge >= 0.3 is 0 Å². The topological polar surface area (TPSA) is 130 Å². The van der Waals surface area contributed by atoms with E-state index in [0.29, 0.717) is 50.7 Å². The third kappa shape index (κ3) is 4.23. The molecule has 1 aromatic carbocycles. The molecule has 4 heterocycles. The zero-order chi connectivity index (χ0) is 22.9. The second-order valence-electron chi connectivity index (χ2n) is 8.28. The van der Waals surface area contributed by atoms with Gasteiger partial charge in [-0.2, -0.15) is 4.68 Å². The minimum absolute atomic E-state index is 0.0704. The highest BCUT2D eigenvalue weighted by Crippen LogP contribution is 2.34. The molecule has 11 heteroatoms. The summed E-state index contributed by atoms with van der Waals surface area (Å²) in [5.41, 5.74) is 4.05. The molecule has 1 saturated heterocycles. The Morgan fingerprint density at radius 1 is 1.21 bits per heavy atom. The maximum absolute atomic E-state index is 12.9. The van der Waals surface area contributed by atoms with Gasteiger partial charge in [0.2, 0.25) is 0 Å².